The minimum atomic E-state index is -0.196. The van der Waals surface area contributed by atoms with Crippen molar-refractivity contribution in [1.82, 2.24) is 14.7 Å². The number of nitrogens with zero attached hydrogens (tertiary/aromatic N) is 6. The molecule has 0 spiro atoms. The van der Waals surface area contributed by atoms with E-state index in [0.717, 1.165) is 62.9 Å². The normalized spacial score (nSPS) is 16.8. The van der Waals surface area contributed by atoms with E-state index in [9.17, 15) is 9.18 Å². The van der Waals surface area contributed by atoms with Crippen molar-refractivity contribution < 1.29 is 9.18 Å². The van der Waals surface area contributed by atoms with Crippen molar-refractivity contribution in [3.63, 3.8) is 0 Å². The van der Waals surface area contributed by atoms with Crippen LogP contribution in [0.3, 0.4) is 0 Å². The molecule has 2 aliphatic rings. The molecule has 2 heterocycles. The number of hydrogen-bond donors (Lipinski definition) is 0. The molecule has 8 heteroatoms. The van der Waals surface area contributed by atoms with Gasteiger partial charge in [-0.3, -0.25) is 9.79 Å². The van der Waals surface area contributed by atoms with Gasteiger partial charge in [0.15, 0.2) is 11.8 Å². The molecule has 1 aromatic rings. The van der Waals surface area contributed by atoms with Crippen molar-refractivity contribution in [2.24, 2.45) is 15.0 Å². The number of carbonyl (C=O) groups is 1. The molecule has 32 heavy (non-hydrogen) atoms. The molecule has 2 aliphatic heterocycles. The molecule has 176 valence electrons. The van der Waals surface area contributed by atoms with Gasteiger partial charge in [0.25, 0.3) is 0 Å². The lowest BCUT2D eigenvalue weighted by atomic mass is 10.1. The number of aryl methyl sites for hydroxylation is 1. The highest BCUT2D eigenvalue weighted by Gasteiger charge is 2.26. The predicted octanol–water partition coefficient (Wildman–Crippen LogP) is 3.57. The number of piperazine rings is 1. The third-order valence-corrected chi connectivity index (χ3v) is 5.52. The molecule has 0 unspecified atom stereocenters. The summed E-state index contributed by atoms with van der Waals surface area (Å²) in [6, 6.07) is 4.95. The quantitative estimate of drug-likeness (QED) is 0.527. The standard InChI is InChI=1S/C14H19FN2.C10H18N4O/c1-5-6-11(3)17-14(16-4)12-7-8-13(15)10(2)9-12;1-3-9(15)13-4-6-14(7-5-13)10-11-8-12(10)2/h7-9H,5-6H2,1-4H3;3-8H2,1-2H3. The van der Waals surface area contributed by atoms with E-state index >= 15 is 0 Å². The Bertz CT molecular complexity index is 871. The first-order valence-corrected chi connectivity index (χ1v) is 11.4. The van der Waals surface area contributed by atoms with E-state index in [1.165, 1.54) is 6.07 Å². The Morgan fingerprint density at radius 1 is 1.19 bits per heavy atom. The van der Waals surface area contributed by atoms with Crippen LogP contribution in [0.4, 0.5) is 4.39 Å². The van der Waals surface area contributed by atoms with Crippen molar-refractivity contribution in [3.8, 4) is 0 Å². The van der Waals surface area contributed by atoms with Crippen molar-refractivity contribution in [2.75, 3.05) is 46.9 Å². The van der Waals surface area contributed by atoms with E-state index in [1.54, 1.807) is 26.1 Å². The van der Waals surface area contributed by atoms with Gasteiger partial charge >= 0.3 is 0 Å². The van der Waals surface area contributed by atoms with E-state index in [4.69, 9.17) is 0 Å². The number of amides is 1. The maximum atomic E-state index is 13.2. The van der Waals surface area contributed by atoms with Crippen LogP contribution in [0.5, 0.6) is 0 Å². The summed E-state index contributed by atoms with van der Waals surface area (Å²) in [5.74, 6) is 1.81. The van der Waals surface area contributed by atoms with Crippen molar-refractivity contribution in [1.29, 1.82) is 0 Å². The maximum absolute atomic E-state index is 13.2. The number of halogens is 1. The van der Waals surface area contributed by atoms with Crippen LogP contribution in [-0.2, 0) is 4.79 Å². The molecule has 0 N–H and O–H groups in total. The Hall–Kier alpha value is -2.77. The van der Waals surface area contributed by atoms with Crippen molar-refractivity contribution >= 4 is 23.4 Å². The molecule has 7 nitrogen and oxygen atoms in total. The van der Waals surface area contributed by atoms with Crippen LogP contribution >= 0.6 is 0 Å². The van der Waals surface area contributed by atoms with E-state index in [-0.39, 0.29) is 11.7 Å². The number of amidine groups is 1. The van der Waals surface area contributed by atoms with Gasteiger partial charge in [-0.05, 0) is 44.0 Å². The third-order valence-electron chi connectivity index (χ3n) is 5.52. The number of carbonyl (C=O) groups excluding carboxylic acids is 1. The monoisotopic (exact) mass is 444 g/mol. The van der Waals surface area contributed by atoms with Crippen LogP contribution in [0, 0.1) is 12.7 Å². The summed E-state index contributed by atoms with van der Waals surface area (Å²) in [7, 11) is 3.75. The second kappa shape index (κ2) is 12.3. The Kier molecular flexibility index (Phi) is 9.81. The summed E-state index contributed by atoms with van der Waals surface area (Å²) in [4.78, 5) is 30.7. The average molecular weight is 445 g/mol. The molecule has 0 aliphatic carbocycles. The van der Waals surface area contributed by atoms with Gasteiger partial charge in [0.1, 0.15) is 12.5 Å². The second-order valence-corrected chi connectivity index (χ2v) is 8.13. The van der Waals surface area contributed by atoms with Gasteiger partial charge in [0.2, 0.25) is 5.91 Å². The van der Waals surface area contributed by atoms with Crippen LogP contribution in [0.15, 0.2) is 33.2 Å². The fourth-order valence-corrected chi connectivity index (χ4v) is 3.62. The smallest absolute Gasteiger partial charge is 0.222 e. The van der Waals surface area contributed by atoms with E-state index < -0.39 is 0 Å². The molecule has 0 saturated carbocycles. The molecule has 3 rings (SSSR count). The Morgan fingerprint density at radius 3 is 2.34 bits per heavy atom. The molecule has 1 saturated heterocycles. The van der Waals surface area contributed by atoms with Gasteiger partial charge in [-0.1, -0.05) is 20.3 Å². The van der Waals surface area contributed by atoms with E-state index in [0.29, 0.717) is 17.8 Å². The van der Waals surface area contributed by atoms with Gasteiger partial charge in [-0.25, -0.2) is 14.4 Å². The van der Waals surface area contributed by atoms with Crippen LogP contribution in [-0.4, -0.2) is 85.1 Å². The lowest BCUT2D eigenvalue weighted by molar-refractivity contribution is -0.132. The summed E-state index contributed by atoms with van der Waals surface area (Å²) < 4.78 is 13.2. The summed E-state index contributed by atoms with van der Waals surface area (Å²) in [5.41, 5.74) is 2.53. The maximum Gasteiger partial charge on any atom is 0.222 e. The van der Waals surface area contributed by atoms with Crippen LogP contribution in [0.2, 0.25) is 0 Å². The van der Waals surface area contributed by atoms with Gasteiger partial charge in [-0.15, -0.1) is 0 Å². The predicted molar refractivity (Wildman–Crippen MR) is 130 cm³/mol. The highest BCUT2D eigenvalue weighted by Crippen LogP contribution is 2.12. The second-order valence-electron chi connectivity index (χ2n) is 8.13. The van der Waals surface area contributed by atoms with Crippen LogP contribution in [0.1, 0.15) is 51.2 Å². The number of aliphatic imine (C=N–C) groups is 3. The summed E-state index contributed by atoms with van der Waals surface area (Å²) in [5, 5.41) is 0. The first-order chi connectivity index (χ1) is 15.3. The lowest BCUT2D eigenvalue weighted by Crippen LogP contribution is -2.56. The first-order valence-electron chi connectivity index (χ1n) is 11.4. The molecule has 1 aromatic carbocycles. The molecule has 0 radical (unpaired) electrons. The topological polar surface area (TPSA) is 63.9 Å². The SMILES string of the molecule is CCC(=O)N1CCN(C2=NCN2C)CC1.CCCC(C)=NC(=NC)c1ccc(F)c(C)c1. The molecular weight excluding hydrogens is 407 g/mol. The summed E-state index contributed by atoms with van der Waals surface area (Å²) in [6.45, 7) is 12.1. The zero-order chi connectivity index (χ0) is 23.7. The zero-order valence-electron chi connectivity index (χ0n) is 20.4. The molecule has 0 aromatic heterocycles. The highest BCUT2D eigenvalue weighted by atomic mass is 19.1. The molecule has 0 atom stereocenters. The van der Waals surface area contributed by atoms with Gasteiger partial charge in [0, 0.05) is 58.0 Å². The Balaban J connectivity index is 0.000000228. The van der Waals surface area contributed by atoms with Gasteiger partial charge < -0.3 is 14.7 Å². The number of hydrogen-bond acceptors (Lipinski definition) is 5. The minimum absolute atomic E-state index is 0.196. The minimum Gasteiger partial charge on any atom is -0.339 e. The highest BCUT2D eigenvalue weighted by molar-refractivity contribution is 6.06. The largest absolute Gasteiger partial charge is 0.339 e. The van der Waals surface area contributed by atoms with Crippen LogP contribution in [0.25, 0.3) is 0 Å². The van der Waals surface area contributed by atoms with Gasteiger partial charge in [-0.2, -0.15) is 0 Å². The Labute approximate surface area is 191 Å². The fourth-order valence-electron chi connectivity index (χ4n) is 3.62. The fraction of sp³-hybridized carbons (Fsp3) is 0.583. The van der Waals surface area contributed by atoms with Crippen molar-refractivity contribution in [2.45, 2.75) is 47.0 Å². The number of benzene rings is 1. The summed E-state index contributed by atoms with van der Waals surface area (Å²) >= 11 is 0. The van der Waals surface area contributed by atoms with Crippen LogP contribution < -0.4 is 0 Å². The van der Waals surface area contributed by atoms with E-state index in [2.05, 4.69) is 31.7 Å². The number of guanidine groups is 1. The molecular formula is C24H37FN6O. The molecule has 0 bridgehead atoms. The molecule has 1 amide bonds. The average Bonchev–Trinajstić information content (AvgIpc) is 2.79. The summed E-state index contributed by atoms with van der Waals surface area (Å²) in [6.07, 6.45) is 2.63. The Morgan fingerprint density at radius 2 is 1.88 bits per heavy atom. The molecule has 1 fully saturated rings. The first kappa shape index (κ1) is 25.5. The third kappa shape index (κ3) is 6.87. The van der Waals surface area contributed by atoms with Gasteiger partial charge in [0.05, 0.1) is 0 Å². The zero-order valence-corrected chi connectivity index (χ0v) is 20.4. The van der Waals surface area contributed by atoms with Crippen molar-refractivity contribution in [3.05, 3.63) is 35.1 Å². The van der Waals surface area contributed by atoms with E-state index in [1.807, 2.05) is 25.8 Å². The lowest BCUT2D eigenvalue weighted by Gasteiger charge is -2.41. The number of rotatable bonds is 4.